The molecule has 0 saturated heterocycles. The number of carbonyl (C=O) groups excluding carboxylic acids is 1. The molecule has 0 bridgehead atoms. The number of hydrogen-bond donors (Lipinski definition) is 3. The standard InChI is InChI=1S/C18H22N2O3S/c1-2-24-12-13-5-7-14(8-6-13)18(23)20-16(11-21)17(22)15-4-3-9-19-10-15/h3-10,16-17,21-22H,2,11-12H2,1H3,(H,20,23)/t16-,17+/m1/s1. The first-order valence-corrected chi connectivity index (χ1v) is 8.97. The lowest BCUT2D eigenvalue weighted by Gasteiger charge is -2.22. The van der Waals surface area contributed by atoms with Gasteiger partial charge in [-0.15, -0.1) is 0 Å². The maximum Gasteiger partial charge on any atom is 0.251 e. The van der Waals surface area contributed by atoms with Gasteiger partial charge in [0, 0.05) is 29.3 Å². The van der Waals surface area contributed by atoms with E-state index in [0.717, 1.165) is 17.1 Å². The summed E-state index contributed by atoms with van der Waals surface area (Å²) in [5, 5.41) is 22.5. The molecule has 0 unspecified atom stereocenters. The van der Waals surface area contributed by atoms with Gasteiger partial charge in [0.1, 0.15) is 6.10 Å². The highest BCUT2D eigenvalue weighted by molar-refractivity contribution is 7.98. The number of thioether (sulfide) groups is 1. The van der Waals surface area contributed by atoms with Crippen molar-refractivity contribution < 1.29 is 15.0 Å². The van der Waals surface area contributed by atoms with Gasteiger partial charge >= 0.3 is 0 Å². The van der Waals surface area contributed by atoms with Gasteiger partial charge < -0.3 is 15.5 Å². The van der Waals surface area contributed by atoms with E-state index in [9.17, 15) is 15.0 Å². The molecule has 5 nitrogen and oxygen atoms in total. The summed E-state index contributed by atoms with van der Waals surface area (Å²) < 4.78 is 0. The van der Waals surface area contributed by atoms with Gasteiger partial charge in [0.25, 0.3) is 5.91 Å². The van der Waals surface area contributed by atoms with Crippen molar-refractivity contribution >= 4 is 17.7 Å². The van der Waals surface area contributed by atoms with Crippen LogP contribution in [0.3, 0.4) is 0 Å². The minimum atomic E-state index is -1.02. The van der Waals surface area contributed by atoms with E-state index in [1.807, 2.05) is 23.9 Å². The average molecular weight is 346 g/mol. The molecule has 0 aliphatic heterocycles. The molecular weight excluding hydrogens is 324 g/mol. The molecule has 2 aromatic rings. The van der Waals surface area contributed by atoms with Gasteiger partial charge in [0.15, 0.2) is 0 Å². The highest BCUT2D eigenvalue weighted by atomic mass is 32.2. The molecule has 0 aliphatic rings. The van der Waals surface area contributed by atoms with Gasteiger partial charge in [-0.05, 0) is 29.5 Å². The van der Waals surface area contributed by atoms with Crippen LogP contribution in [0, 0.1) is 0 Å². The van der Waals surface area contributed by atoms with Crippen molar-refractivity contribution in [1.82, 2.24) is 10.3 Å². The molecule has 2 rings (SSSR count). The van der Waals surface area contributed by atoms with Crippen LogP contribution in [0.1, 0.15) is 34.5 Å². The van der Waals surface area contributed by atoms with Crippen molar-refractivity contribution in [2.75, 3.05) is 12.4 Å². The molecule has 0 spiro atoms. The number of carbonyl (C=O) groups is 1. The number of hydrogen-bond acceptors (Lipinski definition) is 5. The van der Waals surface area contributed by atoms with Crippen LogP contribution < -0.4 is 5.32 Å². The van der Waals surface area contributed by atoms with Crippen molar-refractivity contribution in [3.63, 3.8) is 0 Å². The topological polar surface area (TPSA) is 82.5 Å². The van der Waals surface area contributed by atoms with Crippen LogP contribution in [-0.2, 0) is 5.75 Å². The van der Waals surface area contributed by atoms with Crippen LogP contribution in [0.15, 0.2) is 48.8 Å². The fourth-order valence-corrected chi connectivity index (χ4v) is 2.86. The van der Waals surface area contributed by atoms with Crippen LogP contribution in [0.5, 0.6) is 0 Å². The molecule has 1 heterocycles. The first-order valence-electron chi connectivity index (χ1n) is 7.82. The summed E-state index contributed by atoms with van der Waals surface area (Å²) in [6, 6.07) is 9.95. The van der Waals surface area contributed by atoms with Crippen LogP contribution >= 0.6 is 11.8 Å². The third-order valence-corrected chi connectivity index (χ3v) is 4.55. The Balaban J connectivity index is 2.01. The molecule has 128 valence electrons. The Labute approximate surface area is 146 Å². The lowest BCUT2D eigenvalue weighted by atomic mass is 10.0. The highest BCUT2D eigenvalue weighted by Gasteiger charge is 2.22. The van der Waals surface area contributed by atoms with Gasteiger partial charge in [0.05, 0.1) is 12.6 Å². The summed E-state index contributed by atoms with van der Waals surface area (Å²) in [4.78, 5) is 16.3. The predicted octanol–water partition coefficient (Wildman–Crippen LogP) is 2.16. The molecule has 1 amide bonds. The maximum absolute atomic E-state index is 12.3. The molecule has 0 saturated carbocycles. The number of nitrogens with one attached hydrogen (secondary N) is 1. The smallest absolute Gasteiger partial charge is 0.251 e. The molecule has 2 atom stereocenters. The summed E-state index contributed by atoms with van der Waals surface area (Å²) in [6.45, 7) is 1.74. The molecule has 0 radical (unpaired) electrons. The Morgan fingerprint density at radius 1 is 1.29 bits per heavy atom. The second kappa shape index (κ2) is 9.42. The molecular formula is C18H22N2O3S. The minimum Gasteiger partial charge on any atom is -0.394 e. The van der Waals surface area contributed by atoms with E-state index in [2.05, 4.69) is 17.2 Å². The van der Waals surface area contributed by atoms with E-state index < -0.39 is 12.1 Å². The van der Waals surface area contributed by atoms with E-state index >= 15 is 0 Å². The third kappa shape index (κ3) is 5.06. The summed E-state index contributed by atoms with van der Waals surface area (Å²) in [7, 11) is 0. The number of amides is 1. The van der Waals surface area contributed by atoms with Crippen molar-refractivity contribution in [2.24, 2.45) is 0 Å². The van der Waals surface area contributed by atoms with Crippen LogP contribution in [0.2, 0.25) is 0 Å². The molecule has 0 aliphatic carbocycles. The van der Waals surface area contributed by atoms with Crippen LogP contribution in [-0.4, -0.2) is 39.5 Å². The zero-order valence-electron chi connectivity index (χ0n) is 13.6. The van der Waals surface area contributed by atoms with E-state index in [-0.39, 0.29) is 12.5 Å². The lowest BCUT2D eigenvalue weighted by molar-refractivity contribution is 0.0702. The van der Waals surface area contributed by atoms with Crippen molar-refractivity contribution in [1.29, 1.82) is 0 Å². The third-order valence-electron chi connectivity index (χ3n) is 3.61. The van der Waals surface area contributed by atoms with Gasteiger partial charge in [0.2, 0.25) is 0 Å². The number of nitrogens with zero attached hydrogens (tertiary/aromatic N) is 1. The molecule has 3 N–H and O–H groups in total. The van der Waals surface area contributed by atoms with Gasteiger partial charge in [-0.2, -0.15) is 11.8 Å². The summed E-state index contributed by atoms with van der Waals surface area (Å²) in [6.07, 6.45) is 2.09. The Morgan fingerprint density at radius 3 is 2.62 bits per heavy atom. The zero-order chi connectivity index (χ0) is 17.4. The number of benzene rings is 1. The fraction of sp³-hybridized carbons (Fsp3) is 0.333. The molecule has 1 aromatic carbocycles. The Morgan fingerprint density at radius 2 is 2.04 bits per heavy atom. The number of pyridine rings is 1. The first kappa shape index (κ1) is 18.4. The van der Waals surface area contributed by atoms with E-state index in [0.29, 0.717) is 11.1 Å². The number of aliphatic hydroxyl groups excluding tert-OH is 2. The number of aliphatic hydroxyl groups is 2. The predicted molar refractivity (Wildman–Crippen MR) is 95.8 cm³/mol. The van der Waals surface area contributed by atoms with Gasteiger partial charge in [-0.3, -0.25) is 9.78 Å². The lowest BCUT2D eigenvalue weighted by Crippen LogP contribution is -2.42. The first-order chi connectivity index (χ1) is 11.7. The molecule has 1 aromatic heterocycles. The van der Waals surface area contributed by atoms with Gasteiger partial charge in [-0.1, -0.05) is 25.1 Å². The van der Waals surface area contributed by atoms with Crippen molar-refractivity contribution in [2.45, 2.75) is 24.8 Å². The SMILES string of the molecule is CCSCc1ccc(C(=O)N[C@H](CO)[C@@H](O)c2cccnc2)cc1. The highest BCUT2D eigenvalue weighted by Crippen LogP contribution is 2.17. The average Bonchev–Trinajstić information content (AvgIpc) is 2.64. The zero-order valence-corrected chi connectivity index (χ0v) is 14.4. The summed E-state index contributed by atoms with van der Waals surface area (Å²) >= 11 is 1.82. The second-order valence-electron chi connectivity index (χ2n) is 5.33. The second-order valence-corrected chi connectivity index (χ2v) is 6.60. The number of aromatic nitrogens is 1. The molecule has 6 heteroatoms. The molecule has 24 heavy (non-hydrogen) atoms. The van der Waals surface area contributed by atoms with Gasteiger partial charge in [-0.25, -0.2) is 0 Å². The Bertz CT molecular complexity index is 634. The van der Waals surface area contributed by atoms with E-state index in [4.69, 9.17) is 0 Å². The monoisotopic (exact) mass is 346 g/mol. The van der Waals surface area contributed by atoms with Crippen molar-refractivity contribution in [3.05, 3.63) is 65.5 Å². The van der Waals surface area contributed by atoms with Crippen LogP contribution in [0.25, 0.3) is 0 Å². The Kier molecular flexibility index (Phi) is 7.24. The Hall–Kier alpha value is -1.89. The maximum atomic E-state index is 12.3. The van der Waals surface area contributed by atoms with E-state index in [1.165, 1.54) is 6.20 Å². The van der Waals surface area contributed by atoms with Crippen molar-refractivity contribution in [3.8, 4) is 0 Å². The van der Waals surface area contributed by atoms with E-state index in [1.54, 1.807) is 30.5 Å². The summed E-state index contributed by atoms with van der Waals surface area (Å²) in [5.41, 5.74) is 2.20. The van der Waals surface area contributed by atoms with Crippen LogP contribution in [0.4, 0.5) is 0 Å². The minimum absolute atomic E-state index is 0.327. The summed E-state index contributed by atoms with van der Waals surface area (Å²) in [5.74, 6) is 1.64. The quantitative estimate of drug-likeness (QED) is 0.682. The molecule has 0 fully saturated rings. The normalized spacial score (nSPS) is 13.3. The fourth-order valence-electron chi connectivity index (χ4n) is 2.23. The largest absolute Gasteiger partial charge is 0.394 e. The number of rotatable bonds is 8.